The second kappa shape index (κ2) is 47.9. The van der Waals surface area contributed by atoms with Gasteiger partial charge in [-0.15, -0.1) is 0 Å². The Bertz CT molecular complexity index is 3040. The summed E-state index contributed by atoms with van der Waals surface area (Å²) in [5, 5.41) is 0. The van der Waals surface area contributed by atoms with Crippen molar-refractivity contribution in [2.45, 2.75) is 312 Å². The van der Waals surface area contributed by atoms with E-state index in [-0.39, 0.29) is 0 Å². The molecule has 14 bridgehead atoms. The molecule has 15 rings (SSSR count). The van der Waals surface area contributed by atoms with Crippen molar-refractivity contribution in [3.05, 3.63) is 0 Å². The van der Waals surface area contributed by atoms with Crippen LogP contribution in [0.25, 0.3) is 0 Å². The number of methoxy groups -OCH3 is 7. The summed E-state index contributed by atoms with van der Waals surface area (Å²) in [6.45, 7) is 8.17. The molecule has 0 aromatic rings. The summed E-state index contributed by atoms with van der Waals surface area (Å²) >= 11 is 0. The highest BCUT2D eigenvalue weighted by Crippen LogP contribution is 2.44. The predicted molar refractivity (Wildman–Crippen MR) is 396 cm³/mol. The molecule has 0 aromatic carbocycles. The summed E-state index contributed by atoms with van der Waals surface area (Å²) in [4.78, 5) is 187. The number of hydrogen-bond donors (Lipinski definition) is 0. The fourth-order valence-electron chi connectivity index (χ4n) is 15.5. The maximum atomic E-state index is 13.7. The van der Waals surface area contributed by atoms with Gasteiger partial charge in [0.2, 0.25) is 0 Å². The van der Waals surface area contributed by atoms with Crippen LogP contribution in [0.15, 0.2) is 0 Å². The number of carbonyl (C=O) groups is 14. The Balaban J connectivity index is 1.41. The van der Waals surface area contributed by atoms with E-state index in [1.165, 1.54) is 0 Å². The van der Waals surface area contributed by atoms with Gasteiger partial charge in [-0.25, -0.2) is 0 Å². The molecule has 0 aromatic heterocycles. The second-order valence-electron chi connectivity index (χ2n) is 29.5. The normalized spacial score (nSPS) is 37.6. The summed E-state index contributed by atoms with van der Waals surface area (Å²) in [6, 6.07) is 0. The van der Waals surface area contributed by atoms with Crippen molar-refractivity contribution in [3.63, 3.8) is 0 Å². The number of hydrogen-bond acceptors (Lipinski definition) is 49. The van der Waals surface area contributed by atoms with Crippen LogP contribution in [0.4, 0.5) is 0 Å². The molecular formula is C77H112O49. The third kappa shape index (κ3) is 27.2. The Kier molecular flexibility index (Phi) is 39.2. The smallest absolute Gasteiger partial charge is 0.303 e. The second-order valence-corrected chi connectivity index (χ2v) is 29.5. The Morgan fingerprint density at radius 3 is 0.341 bits per heavy atom. The zero-order valence-electron chi connectivity index (χ0n) is 73.2. The van der Waals surface area contributed by atoms with Crippen molar-refractivity contribution in [2.75, 3.05) is 96.0 Å². The van der Waals surface area contributed by atoms with Crippen LogP contribution < -0.4 is 0 Å². The molecule has 35 atom stereocenters. The highest BCUT2D eigenvalue weighted by atomic mass is 16.8. The van der Waals surface area contributed by atoms with Crippen LogP contribution in [0.2, 0.25) is 0 Å². The number of fused-ring (bicyclic) bond motifs is 7. The maximum absolute atomic E-state index is 13.7. The molecule has 15 saturated heterocycles. The summed E-state index contributed by atoms with van der Waals surface area (Å²) in [5.41, 5.74) is 0. The standard InChI is InChI=1S/C77H112O49/c1-29(78)99-22-43-50-57(106-36(8)85)64(92-15)71(113-43)121-51-44(23-100-30(2)79)115-73(66(94-17)58(51)107-37(9)86)123-53-46(25-102-32(4)81)117-75(68(96-19)60(53)109-39(11)88)125-55-48(27-104-34(6)83)119-77(70(98-21)62(55)111-41(13)90)126-56-49(28-105-35(7)84)118-76(69(97-20)63(56)112-42(14)91)124-54-47(26-103-33(5)82)116-74(67(95-18)61(54)110-40(12)89)122-52-45(24-101-31(3)80)114-72(120-50)65(93-16)59(52)108-38(10)87/h43-77H,22-28H2,1-21H3/t43-,44-,45-,46-,47-,48-,49-,50+,51+,52+,53+,54+,55+,56+,57-,58-,59-,60-,61-,62-,63-,64-,65-,66-,67-,68-,69-,70-,71-,72-,73-,74-,75-,76-,77-/m1/s1. The van der Waals surface area contributed by atoms with Gasteiger partial charge in [-0.1, -0.05) is 0 Å². The van der Waals surface area contributed by atoms with E-state index in [1.54, 1.807) is 0 Å². The van der Waals surface area contributed by atoms with Crippen LogP contribution in [-0.2, 0) is 233 Å². The van der Waals surface area contributed by atoms with Gasteiger partial charge in [0.05, 0.1) is 0 Å². The molecular weight excluding hydrogens is 1710 g/mol. The van der Waals surface area contributed by atoms with Gasteiger partial charge in [0.25, 0.3) is 0 Å². The van der Waals surface area contributed by atoms with Gasteiger partial charge < -0.3 is 166 Å². The molecule has 0 unspecified atom stereocenters. The van der Waals surface area contributed by atoms with Crippen LogP contribution in [0.3, 0.4) is 0 Å². The molecule has 0 radical (unpaired) electrons. The minimum absolute atomic E-state index is 0.841. The summed E-state index contributed by atoms with van der Waals surface area (Å²) < 4.78 is 219. The maximum Gasteiger partial charge on any atom is 0.303 e. The lowest BCUT2D eigenvalue weighted by Crippen LogP contribution is -2.70. The minimum Gasteiger partial charge on any atom is -0.463 e. The van der Waals surface area contributed by atoms with Gasteiger partial charge in [0.1, 0.15) is 174 Å². The number of rotatable bonds is 28. The fourth-order valence-corrected chi connectivity index (χ4v) is 15.5. The minimum atomic E-state index is -1.99. The first kappa shape index (κ1) is 103. The Morgan fingerprint density at radius 2 is 0.262 bits per heavy atom. The number of ether oxygens (including phenoxy) is 35. The lowest BCUT2D eigenvalue weighted by Gasteiger charge is -2.52. The molecule has 15 aliphatic rings. The lowest BCUT2D eigenvalue weighted by atomic mass is 9.94. The van der Waals surface area contributed by atoms with Crippen LogP contribution >= 0.6 is 0 Å². The Hall–Kier alpha value is -8.26. The molecule has 0 aliphatic carbocycles. The van der Waals surface area contributed by atoms with E-state index >= 15 is 0 Å². The average molecular weight is 1820 g/mol. The van der Waals surface area contributed by atoms with Crippen LogP contribution in [0.1, 0.15) is 96.9 Å². The summed E-state index contributed by atoms with van der Waals surface area (Å²) in [5.74, 6) is -13.8. The summed E-state index contributed by atoms with van der Waals surface area (Å²) in [7, 11) is 7.72. The molecule has 15 fully saturated rings. The first-order valence-corrected chi connectivity index (χ1v) is 39.7. The first-order chi connectivity index (χ1) is 59.7. The van der Waals surface area contributed by atoms with Gasteiger partial charge in [-0.2, -0.15) is 0 Å². The van der Waals surface area contributed by atoms with E-state index in [0.29, 0.717) is 0 Å². The van der Waals surface area contributed by atoms with Crippen molar-refractivity contribution >= 4 is 83.6 Å². The molecule has 49 nitrogen and oxygen atoms in total. The summed E-state index contributed by atoms with van der Waals surface area (Å²) in [6.07, 6.45) is -65.0. The van der Waals surface area contributed by atoms with E-state index in [1.807, 2.05) is 0 Å². The number of carbonyl (C=O) groups excluding carboxylic acids is 14. The molecule has 714 valence electrons. The quantitative estimate of drug-likeness (QED) is 0.0570. The van der Waals surface area contributed by atoms with Crippen molar-refractivity contribution in [2.24, 2.45) is 0 Å². The number of esters is 14. The molecule has 0 N–H and O–H groups in total. The third-order valence-corrected chi connectivity index (χ3v) is 20.4. The van der Waals surface area contributed by atoms with E-state index in [0.717, 1.165) is 147 Å². The SMILES string of the molecule is CO[C@H]1[C@H]2O[C@@H]3[C@@H](OC(C)=O)[C@@H](OC)[C@@H](O[C@@H]4[C@@H](OC(C)=O)[C@@H](OC)[C@@H](O[C@@H]5[C@@H](OC(C)=O)[C@@H](OC)[C@@H](O[C@@H]6[C@@H](OC(C)=O)[C@@H](OC)[C@@H](O[C@@H]7[C@@H](OC(C)=O)[C@@H](OC)[C@@H](O[C@@H]8[C@@H](OC(C)=O)[C@@H](OC)[C@@H](O[C@H]([C@H]1OC(C)=O)[C@@H](COC(C)=O)O2)O[C@@H]8COC(C)=O)O[C@@H]7COC(C)=O)O[C@@H]6COC(C)=O)O[C@@H]5COC(C)=O)O[C@@H]4COC(C)=O)O[C@@H]3COC(C)=O. The first-order valence-electron chi connectivity index (χ1n) is 39.7. The third-order valence-electron chi connectivity index (χ3n) is 20.4. The monoisotopic (exact) mass is 1820 g/mol. The van der Waals surface area contributed by atoms with Crippen LogP contribution in [0, 0.1) is 0 Å². The Morgan fingerprint density at radius 1 is 0.159 bits per heavy atom. The molecule has 15 aliphatic heterocycles. The molecule has 49 heteroatoms. The zero-order valence-corrected chi connectivity index (χ0v) is 73.2. The van der Waals surface area contributed by atoms with Crippen LogP contribution in [-0.4, -0.2) is 395 Å². The Labute approximate surface area is 722 Å². The van der Waals surface area contributed by atoms with Crippen molar-refractivity contribution in [1.29, 1.82) is 0 Å². The average Bonchev–Trinajstić information content (AvgIpc) is 0.777. The van der Waals surface area contributed by atoms with Gasteiger partial charge in [0, 0.05) is 147 Å². The molecule has 0 amide bonds. The van der Waals surface area contributed by atoms with Gasteiger partial charge in [0.15, 0.2) is 86.8 Å². The van der Waals surface area contributed by atoms with E-state index in [2.05, 4.69) is 0 Å². The van der Waals surface area contributed by atoms with Crippen LogP contribution in [0.5, 0.6) is 0 Å². The van der Waals surface area contributed by atoms with Crippen molar-refractivity contribution in [3.8, 4) is 0 Å². The lowest BCUT2D eigenvalue weighted by molar-refractivity contribution is -0.399. The van der Waals surface area contributed by atoms with Gasteiger partial charge in [-0.3, -0.25) is 67.1 Å². The topological polar surface area (TPSA) is 562 Å². The highest BCUT2D eigenvalue weighted by Gasteiger charge is 2.65. The van der Waals surface area contributed by atoms with Gasteiger partial charge in [-0.05, 0) is 0 Å². The predicted octanol–water partition coefficient (Wildman–Crippen LogP) is -2.66. The van der Waals surface area contributed by atoms with Gasteiger partial charge >= 0.3 is 83.6 Å². The van der Waals surface area contributed by atoms with Crippen molar-refractivity contribution in [1.82, 2.24) is 0 Å². The zero-order chi connectivity index (χ0) is 93.0. The van der Waals surface area contributed by atoms with Crippen molar-refractivity contribution < 1.29 is 233 Å². The highest BCUT2D eigenvalue weighted by molar-refractivity contribution is 5.70. The van der Waals surface area contributed by atoms with E-state index in [9.17, 15) is 67.1 Å². The molecule has 126 heavy (non-hydrogen) atoms. The molecule has 0 saturated carbocycles. The molecule has 0 spiro atoms. The fraction of sp³-hybridized carbons (Fsp3) is 0.818. The van der Waals surface area contributed by atoms with E-state index in [4.69, 9.17) is 166 Å². The van der Waals surface area contributed by atoms with E-state index < -0.39 is 345 Å². The largest absolute Gasteiger partial charge is 0.463 e. The molecule has 15 heterocycles.